The number of thioether (sulfide) groups is 1. The molecule has 0 saturated heterocycles. The highest BCUT2D eigenvalue weighted by atomic mass is 32.2. The number of aromatic amines is 1. The van der Waals surface area contributed by atoms with E-state index in [1.165, 1.54) is 7.11 Å². The smallest absolute Gasteiger partial charge is 0.342 e. The Morgan fingerprint density at radius 2 is 2.62 bits per heavy atom. The van der Waals surface area contributed by atoms with E-state index in [9.17, 15) is 4.91 Å². The third kappa shape index (κ3) is 2.47. The first-order valence-electron chi connectivity index (χ1n) is 3.48. The molecule has 5 nitrogen and oxygen atoms in total. The molecule has 0 aromatic carbocycles. The summed E-state index contributed by atoms with van der Waals surface area (Å²) in [5.41, 5.74) is 0.551. The van der Waals surface area contributed by atoms with Crippen molar-refractivity contribution in [2.24, 2.45) is 0 Å². The third-order valence-corrected chi connectivity index (χ3v) is 2.61. The maximum absolute atomic E-state index is 11.1. The molecule has 0 spiro atoms. The quantitative estimate of drug-likeness (QED) is 0.460. The van der Waals surface area contributed by atoms with Crippen LogP contribution in [-0.2, 0) is 6.42 Å². The first-order valence-corrected chi connectivity index (χ1v) is 5.23. The molecular formula is C6H8N3O2S2+. The number of H-pyrrole nitrogens is 1. The van der Waals surface area contributed by atoms with Crippen LogP contribution in [0.2, 0.25) is 0 Å². The van der Waals surface area contributed by atoms with Crippen molar-refractivity contribution in [3.05, 3.63) is 10.6 Å². The van der Waals surface area contributed by atoms with E-state index in [1.54, 1.807) is 0 Å². The van der Waals surface area contributed by atoms with Gasteiger partial charge in [0, 0.05) is 12.2 Å². The van der Waals surface area contributed by atoms with Gasteiger partial charge in [0.25, 0.3) is 17.4 Å². The normalized spacial score (nSPS) is 9.54. The van der Waals surface area contributed by atoms with E-state index in [4.69, 9.17) is 10.00 Å². The zero-order valence-electron chi connectivity index (χ0n) is 6.94. The Morgan fingerprint density at radius 3 is 3.23 bits per heavy atom. The molecule has 0 radical (unpaired) electrons. The van der Waals surface area contributed by atoms with Crippen molar-refractivity contribution >= 4 is 23.5 Å². The minimum Gasteiger partial charge on any atom is -0.462 e. The first-order chi connectivity index (χ1) is 6.29. The lowest BCUT2D eigenvalue weighted by Gasteiger charge is -1.90. The summed E-state index contributed by atoms with van der Waals surface area (Å²) in [6.07, 6.45) is 0.533. The van der Waals surface area contributed by atoms with Crippen molar-refractivity contribution < 1.29 is 8.55 Å². The molecule has 0 aliphatic rings. The monoisotopic (exact) mass is 218 g/mol. The number of aromatic nitrogens is 2. The molecule has 13 heavy (non-hydrogen) atoms. The Hall–Kier alpha value is -1.00. The van der Waals surface area contributed by atoms with Gasteiger partial charge < -0.3 is 4.74 Å². The molecule has 0 fully saturated rings. The van der Waals surface area contributed by atoms with Gasteiger partial charge in [0.1, 0.15) is 5.40 Å². The van der Waals surface area contributed by atoms with Crippen LogP contribution in [-0.4, -0.2) is 17.2 Å². The van der Waals surface area contributed by atoms with Crippen molar-refractivity contribution in [3.63, 3.8) is 0 Å². The van der Waals surface area contributed by atoms with Crippen LogP contribution in [0.25, 0.3) is 0 Å². The van der Waals surface area contributed by atoms with Crippen LogP contribution < -0.4 is 8.55 Å². The number of thiocyanates is 1. The predicted octanol–water partition coefficient (Wildman–Crippen LogP) is 0.756. The van der Waals surface area contributed by atoms with Crippen molar-refractivity contribution in [3.8, 4) is 11.3 Å². The molecule has 0 saturated carbocycles. The Balaban J connectivity index is 2.69. The molecule has 0 bridgehead atoms. The van der Waals surface area contributed by atoms with E-state index in [-0.39, 0.29) is 0 Å². The van der Waals surface area contributed by atoms with Crippen LogP contribution in [0.4, 0.5) is 0 Å². The maximum atomic E-state index is 11.1. The summed E-state index contributed by atoms with van der Waals surface area (Å²) in [4.78, 5) is 11.1. The average molecular weight is 218 g/mol. The van der Waals surface area contributed by atoms with E-state index in [0.717, 1.165) is 27.3 Å². The van der Waals surface area contributed by atoms with Gasteiger partial charge in [-0.25, -0.2) is 0 Å². The minimum absolute atomic E-state index is 0.485. The van der Waals surface area contributed by atoms with Gasteiger partial charge in [-0.1, -0.05) is 0 Å². The Labute approximate surface area is 83.2 Å². The number of nitriles is 1. The second kappa shape index (κ2) is 4.89. The Kier molecular flexibility index (Phi) is 3.79. The summed E-state index contributed by atoms with van der Waals surface area (Å²) >= 11 is 2.06. The van der Waals surface area contributed by atoms with Gasteiger partial charge in [-0.05, 0) is 16.7 Å². The SMILES string of the molecule is COc1[nH]s[n+](=O)c1CCSC#N. The number of nitrogens with one attached hydrogen (secondary N) is 1. The zero-order chi connectivity index (χ0) is 9.68. The zero-order valence-corrected chi connectivity index (χ0v) is 8.57. The predicted molar refractivity (Wildman–Crippen MR) is 50.4 cm³/mol. The molecule has 7 heteroatoms. The molecule has 1 rings (SSSR count). The van der Waals surface area contributed by atoms with Crippen LogP contribution in [0.3, 0.4) is 0 Å². The van der Waals surface area contributed by atoms with Gasteiger partial charge >= 0.3 is 5.88 Å². The lowest BCUT2D eigenvalue weighted by Crippen LogP contribution is -2.14. The number of methoxy groups -OCH3 is 1. The fourth-order valence-electron chi connectivity index (χ4n) is 0.837. The summed E-state index contributed by atoms with van der Waals surface area (Å²) in [6.45, 7) is 0. The van der Waals surface area contributed by atoms with Crippen LogP contribution in [0.1, 0.15) is 5.69 Å². The topological polar surface area (TPSA) is 71.8 Å². The van der Waals surface area contributed by atoms with Crippen LogP contribution in [0.5, 0.6) is 5.88 Å². The molecule has 0 aliphatic heterocycles. The van der Waals surface area contributed by atoms with E-state index in [0.29, 0.717) is 23.7 Å². The number of nitrogens with zero attached hydrogens (tertiary/aromatic N) is 2. The minimum atomic E-state index is 0.485. The average Bonchev–Trinajstić information content (AvgIpc) is 2.48. The molecule has 0 atom stereocenters. The second-order valence-corrected chi connectivity index (χ2v) is 3.72. The summed E-state index contributed by atoms with van der Waals surface area (Å²) in [7, 11) is 1.50. The van der Waals surface area contributed by atoms with E-state index in [1.807, 2.05) is 5.40 Å². The van der Waals surface area contributed by atoms with Gasteiger partial charge in [-0.15, -0.1) is 0 Å². The molecular weight excluding hydrogens is 210 g/mol. The highest BCUT2D eigenvalue weighted by Crippen LogP contribution is 2.13. The summed E-state index contributed by atoms with van der Waals surface area (Å²) in [6, 6.07) is 0. The molecule has 0 amide bonds. The molecule has 1 aromatic rings. The van der Waals surface area contributed by atoms with Crippen molar-refractivity contribution in [2.75, 3.05) is 12.9 Å². The number of hydrogen-bond acceptors (Lipinski definition) is 5. The first kappa shape index (κ1) is 10.1. The largest absolute Gasteiger partial charge is 0.462 e. The summed E-state index contributed by atoms with van der Waals surface area (Å²) in [5, 5.41) is 10.2. The van der Waals surface area contributed by atoms with E-state index >= 15 is 0 Å². The van der Waals surface area contributed by atoms with Crippen molar-refractivity contribution in [1.82, 2.24) is 4.37 Å². The van der Waals surface area contributed by atoms with Crippen LogP contribution in [0, 0.1) is 15.6 Å². The van der Waals surface area contributed by atoms with Crippen molar-refractivity contribution in [2.45, 2.75) is 6.42 Å². The summed E-state index contributed by atoms with van der Waals surface area (Å²) in [5.74, 6) is 1.08. The fraction of sp³-hybridized carbons (Fsp3) is 0.500. The van der Waals surface area contributed by atoms with Gasteiger partial charge in [-0.2, -0.15) is 9.64 Å². The maximum Gasteiger partial charge on any atom is 0.342 e. The molecule has 0 unspecified atom stereocenters. The van der Waals surface area contributed by atoms with Crippen LogP contribution >= 0.6 is 23.5 Å². The van der Waals surface area contributed by atoms with E-state index < -0.39 is 0 Å². The number of ether oxygens (including phenoxy) is 1. The second-order valence-electron chi connectivity index (χ2n) is 2.12. The molecule has 1 heterocycles. The summed E-state index contributed by atoms with van der Waals surface area (Å²) < 4.78 is 8.43. The third-order valence-electron chi connectivity index (χ3n) is 1.41. The van der Waals surface area contributed by atoms with Crippen LogP contribution in [0.15, 0.2) is 0 Å². The molecule has 0 aliphatic carbocycles. The standard InChI is InChI=1S/C6H8N3O2S2/c1-11-6-5(2-3-12-4-7)9(10)13-8-6/h8H,2-3H2,1H3/q+1. The molecule has 1 aromatic heterocycles. The highest BCUT2D eigenvalue weighted by molar-refractivity contribution is 8.03. The van der Waals surface area contributed by atoms with E-state index in [2.05, 4.69) is 4.37 Å². The van der Waals surface area contributed by atoms with Gasteiger partial charge in [0.05, 0.1) is 10.9 Å². The fourth-order valence-corrected chi connectivity index (χ4v) is 1.88. The van der Waals surface area contributed by atoms with Gasteiger partial charge in [0.2, 0.25) is 0 Å². The van der Waals surface area contributed by atoms with Crippen molar-refractivity contribution in [1.29, 1.82) is 5.26 Å². The Morgan fingerprint density at radius 1 is 1.85 bits per heavy atom. The lowest BCUT2D eigenvalue weighted by molar-refractivity contribution is -0.425. The molecule has 1 N–H and O–H groups in total. The number of hydrogen-bond donors (Lipinski definition) is 1. The lowest BCUT2D eigenvalue weighted by atomic mass is 10.3. The van der Waals surface area contributed by atoms with Gasteiger partial charge in [-0.3, -0.25) is 0 Å². The molecule has 70 valence electrons. The Bertz CT molecular complexity index is 365. The number of rotatable bonds is 4. The highest BCUT2D eigenvalue weighted by Gasteiger charge is 2.18. The van der Waals surface area contributed by atoms with Gasteiger partial charge in [0.15, 0.2) is 0 Å².